The average Bonchev–Trinajstić information content (AvgIpc) is 3.23. The zero-order valence-electron chi connectivity index (χ0n) is 14.2. The van der Waals surface area contributed by atoms with E-state index in [9.17, 15) is 9.59 Å². The Bertz CT molecular complexity index is 721. The number of carbonyl (C=O) groups excluding carboxylic acids is 2. The molecule has 0 unspecified atom stereocenters. The lowest BCUT2D eigenvalue weighted by Gasteiger charge is -2.29. The molecule has 3 aliphatic heterocycles. The van der Waals surface area contributed by atoms with Crippen LogP contribution in [-0.2, 0) is 16.6 Å². The van der Waals surface area contributed by atoms with Crippen molar-refractivity contribution in [2.75, 3.05) is 26.2 Å². The number of amides is 2. The first-order valence-electron chi connectivity index (χ1n) is 8.66. The number of halogens is 1. The van der Waals surface area contributed by atoms with E-state index in [0.29, 0.717) is 23.2 Å². The Kier molecular flexibility index (Phi) is 4.05. The number of primary amides is 1. The fourth-order valence-corrected chi connectivity index (χ4v) is 5.20. The summed E-state index contributed by atoms with van der Waals surface area (Å²) in [5, 5.41) is 3.59. The van der Waals surface area contributed by atoms with Gasteiger partial charge in [0.15, 0.2) is 0 Å². The van der Waals surface area contributed by atoms with Crippen LogP contribution in [-0.4, -0.2) is 59.2 Å². The molecule has 3 fully saturated rings. The van der Waals surface area contributed by atoms with E-state index in [1.807, 2.05) is 0 Å². The molecule has 1 aromatic heterocycles. The molecule has 136 valence electrons. The quantitative estimate of drug-likeness (QED) is 0.788. The third-order valence-electron chi connectivity index (χ3n) is 5.94. The average molecular weight is 367 g/mol. The summed E-state index contributed by atoms with van der Waals surface area (Å²) in [4.78, 5) is 25.8. The van der Waals surface area contributed by atoms with E-state index in [1.165, 1.54) is 0 Å². The number of aromatic nitrogens is 1. The maximum Gasteiger partial charge on any atom is 0.267 e. The van der Waals surface area contributed by atoms with Crippen LogP contribution < -0.4 is 11.1 Å². The Morgan fingerprint density at radius 3 is 3.00 bits per heavy atom. The van der Waals surface area contributed by atoms with Gasteiger partial charge in [-0.1, -0.05) is 11.6 Å². The molecule has 1 aromatic rings. The number of carbonyl (C=O) groups is 2. The van der Waals surface area contributed by atoms with Crippen molar-refractivity contribution in [1.82, 2.24) is 14.8 Å². The molecular formula is C17H23ClN4O3. The van der Waals surface area contributed by atoms with Gasteiger partial charge in [0.1, 0.15) is 5.69 Å². The molecule has 2 amide bonds. The molecule has 1 spiro atoms. The molecular weight excluding hydrogens is 344 g/mol. The highest BCUT2D eigenvalue weighted by Gasteiger charge is 2.62. The second-order valence-corrected chi connectivity index (χ2v) is 7.97. The van der Waals surface area contributed by atoms with Gasteiger partial charge in [0, 0.05) is 44.7 Å². The summed E-state index contributed by atoms with van der Waals surface area (Å²) >= 11 is 5.95. The monoisotopic (exact) mass is 366 g/mol. The molecule has 25 heavy (non-hydrogen) atoms. The number of hydrogen-bond acceptors (Lipinski definition) is 4. The van der Waals surface area contributed by atoms with Gasteiger partial charge in [-0.05, 0) is 18.9 Å². The van der Waals surface area contributed by atoms with Crippen LogP contribution in [0.1, 0.15) is 23.3 Å². The molecule has 0 radical (unpaired) electrons. The van der Waals surface area contributed by atoms with Gasteiger partial charge < -0.3 is 20.4 Å². The van der Waals surface area contributed by atoms with Crippen LogP contribution >= 0.6 is 11.6 Å². The highest BCUT2D eigenvalue weighted by atomic mass is 35.5. The Hall–Kier alpha value is -1.57. The number of fused-ring (bicyclic) bond motifs is 1. The predicted octanol–water partition coefficient (Wildman–Crippen LogP) is 0.373. The van der Waals surface area contributed by atoms with Crippen molar-refractivity contribution in [3.8, 4) is 0 Å². The number of nitrogens with two attached hydrogens (primary N) is 1. The normalized spacial score (nSPS) is 33.6. The predicted molar refractivity (Wildman–Crippen MR) is 92.2 cm³/mol. The second kappa shape index (κ2) is 6.00. The standard InChI is InChI=1S/C17H23ClN4O3/c1-21-6-10(18)4-13(21)16(24)20-5-11-12-7-22(8-15(19)23)9-17(12)3-2-14(11)25-17/h4,6,11-12,14H,2-3,5,7-9H2,1H3,(H2,19,23)(H,20,24)/t11-,12+,14+,17+/m0/s1. The van der Waals surface area contributed by atoms with E-state index in [-0.39, 0.29) is 36.0 Å². The lowest BCUT2D eigenvalue weighted by Crippen LogP contribution is -2.42. The first kappa shape index (κ1) is 16.9. The zero-order valence-corrected chi connectivity index (χ0v) is 15.0. The van der Waals surface area contributed by atoms with E-state index in [2.05, 4.69) is 10.2 Å². The molecule has 3 aliphatic rings. The third-order valence-corrected chi connectivity index (χ3v) is 6.14. The smallest absolute Gasteiger partial charge is 0.267 e. The summed E-state index contributed by atoms with van der Waals surface area (Å²) in [5.74, 6) is 0.170. The molecule has 0 aliphatic carbocycles. The van der Waals surface area contributed by atoms with Crippen molar-refractivity contribution in [3.63, 3.8) is 0 Å². The Labute approximate surface area is 151 Å². The van der Waals surface area contributed by atoms with Gasteiger partial charge in [0.25, 0.3) is 5.91 Å². The van der Waals surface area contributed by atoms with Crippen LogP contribution in [0.15, 0.2) is 12.3 Å². The SMILES string of the molecule is Cn1cc(Cl)cc1C(=O)NC[C@H]1[C@H]2CN(CC(N)=O)C[C@]23CC[C@H]1O3. The number of likely N-dealkylation sites (tertiary alicyclic amines) is 1. The highest BCUT2D eigenvalue weighted by Crippen LogP contribution is 2.54. The number of nitrogens with one attached hydrogen (secondary N) is 1. The molecule has 0 aromatic carbocycles. The van der Waals surface area contributed by atoms with Crippen molar-refractivity contribution in [2.24, 2.45) is 24.6 Å². The second-order valence-electron chi connectivity index (χ2n) is 7.53. The molecule has 2 bridgehead atoms. The maximum absolute atomic E-state index is 12.4. The Morgan fingerprint density at radius 1 is 1.52 bits per heavy atom. The van der Waals surface area contributed by atoms with Crippen LogP contribution in [0.5, 0.6) is 0 Å². The summed E-state index contributed by atoms with van der Waals surface area (Å²) in [6.45, 7) is 2.40. The van der Waals surface area contributed by atoms with Gasteiger partial charge in [-0.3, -0.25) is 14.5 Å². The number of nitrogens with zero attached hydrogens (tertiary/aromatic N) is 2. The van der Waals surface area contributed by atoms with Gasteiger partial charge in [-0.15, -0.1) is 0 Å². The molecule has 7 nitrogen and oxygen atoms in total. The molecule has 4 heterocycles. The van der Waals surface area contributed by atoms with E-state index >= 15 is 0 Å². The molecule has 8 heteroatoms. The van der Waals surface area contributed by atoms with Gasteiger partial charge in [0.2, 0.25) is 5.91 Å². The molecule has 3 saturated heterocycles. The summed E-state index contributed by atoms with van der Waals surface area (Å²) in [6.07, 6.45) is 3.94. The Morgan fingerprint density at radius 2 is 2.32 bits per heavy atom. The van der Waals surface area contributed by atoms with E-state index in [4.69, 9.17) is 22.1 Å². The minimum absolute atomic E-state index is 0.127. The lowest BCUT2D eigenvalue weighted by molar-refractivity contribution is -0.119. The fourth-order valence-electron chi connectivity index (χ4n) is 4.95. The topological polar surface area (TPSA) is 89.6 Å². The highest BCUT2D eigenvalue weighted by molar-refractivity contribution is 6.31. The number of rotatable bonds is 5. The number of aryl methyl sites for hydroxylation is 1. The lowest BCUT2D eigenvalue weighted by atomic mass is 9.73. The number of hydrogen-bond donors (Lipinski definition) is 2. The Balaban J connectivity index is 1.42. The fraction of sp³-hybridized carbons (Fsp3) is 0.647. The summed E-state index contributed by atoms with van der Waals surface area (Å²) < 4.78 is 8.03. The molecule has 4 rings (SSSR count). The van der Waals surface area contributed by atoms with Crippen molar-refractivity contribution in [1.29, 1.82) is 0 Å². The zero-order chi connectivity index (χ0) is 17.8. The van der Waals surface area contributed by atoms with Crippen LogP contribution in [0.2, 0.25) is 5.02 Å². The minimum atomic E-state index is -0.309. The number of ether oxygens (including phenoxy) is 1. The third kappa shape index (κ3) is 2.84. The van der Waals surface area contributed by atoms with Crippen LogP contribution in [0.25, 0.3) is 0 Å². The van der Waals surface area contributed by atoms with Gasteiger partial charge in [-0.2, -0.15) is 0 Å². The summed E-state index contributed by atoms with van der Waals surface area (Å²) in [6, 6.07) is 1.67. The van der Waals surface area contributed by atoms with E-state index in [1.54, 1.807) is 23.9 Å². The van der Waals surface area contributed by atoms with Crippen molar-refractivity contribution >= 4 is 23.4 Å². The maximum atomic E-state index is 12.4. The van der Waals surface area contributed by atoms with Crippen molar-refractivity contribution < 1.29 is 14.3 Å². The van der Waals surface area contributed by atoms with Gasteiger partial charge in [-0.25, -0.2) is 0 Å². The molecule has 0 saturated carbocycles. The van der Waals surface area contributed by atoms with Crippen LogP contribution in [0.4, 0.5) is 0 Å². The van der Waals surface area contributed by atoms with Crippen molar-refractivity contribution in [3.05, 3.63) is 23.0 Å². The first-order chi connectivity index (χ1) is 11.9. The molecule has 4 atom stereocenters. The van der Waals surface area contributed by atoms with Crippen molar-refractivity contribution in [2.45, 2.75) is 24.5 Å². The van der Waals surface area contributed by atoms with Crippen LogP contribution in [0, 0.1) is 11.8 Å². The van der Waals surface area contributed by atoms with Gasteiger partial charge >= 0.3 is 0 Å². The summed E-state index contributed by atoms with van der Waals surface area (Å²) in [5.41, 5.74) is 5.72. The van der Waals surface area contributed by atoms with E-state index in [0.717, 1.165) is 25.9 Å². The molecule has 3 N–H and O–H groups in total. The van der Waals surface area contributed by atoms with Crippen LogP contribution in [0.3, 0.4) is 0 Å². The van der Waals surface area contributed by atoms with E-state index < -0.39 is 0 Å². The van der Waals surface area contributed by atoms with Gasteiger partial charge in [0.05, 0.1) is 23.3 Å². The largest absolute Gasteiger partial charge is 0.370 e. The minimum Gasteiger partial charge on any atom is -0.370 e. The summed E-state index contributed by atoms with van der Waals surface area (Å²) in [7, 11) is 1.80. The first-order valence-corrected chi connectivity index (χ1v) is 9.04.